The topological polar surface area (TPSA) is 58.8 Å². The Hall–Kier alpha value is -1.59. The lowest BCUT2D eigenvalue weighted by atomic mass is 10.1. The molecule has 0 atom stereocenters. The van der Waals surface area contributed by atoms with E-state index in [0.717, 1.165) is 11.1 Å². The van der Waals surface area contributed by atoms with Crippen molar-refractivity contribution in [2.24, 2.45) is 5.73 Å². The summed E-state index contributed by atoms with van der Waals surface area (Å²) >= 11 is 0. The van der Waals surface area contributed by atoms with Gasteiger partial charge in [-0.05, 0) is 11.1 Å². The van der Waals surface area contributed by atoms with E-state index in [9.17, 15) is 4.79 Å². The van der Waals surface area contributed by atoms with Crippen molar-refractivity contribution in [3.8, 4) is 0 Å². The van der Waals surface area contributed by atoms with Crippen LogP contribution in [0.4, 0.5) is 4.79 Å². The molecule has 2 N–H and O–H groups in total. The fraction of sp³-hybridized carbons (Fsp3) is 0.500. The number of carbonyl (C=O) groups is 1. The summed E-state index contributed by atoms with van der Waals surface area (Å²) in [5.74, 6) is 0. The molecule has 1 aromatic rings. The third-order valence-corrected chi connectivity index (χ3v) is 3.25. The van der Waals surface area contributed by atoms with Crippen molar-refractivity contribution >= 4 is 6.03 Å². The molecule has 0 aliphatic carbocycles. The van der Waals surface area contributed by atoms with Gasteiger partial charge in [-0.1, -0.05) is 24.3 Å². The first kappa shape index (κ1) is 13.8. The van der Waals surface area contributed by atoms with Gasteiger partial charge in [0.25, 0.3) is 0 Å². The number of urea groups is 1. The van der Waals surface area contributed by atoms with Gasteiger partial charge in [-0.15, -0.1) is 0 Å². The molecule has 1 aromatic carbocycles. The van der Waals surface area contributed by atoms with Gasteiger partial charge in [-0.25, -0.2) is 4.79 Å². The Morgan fingerprint density at radius 1 is 1.37 bits per heavy atom. The minimum atomic E-state index is 0.0569. The van der Waals surface area contributed by atoms with Gasteiger partial charge in [0, 0.05) is 33.2 Å². The molecule has 0 spiro atoms. The Morgan fingerprint density at radius 2 is 2.05 bits per heavy atom. The fourth-order valence-corrected chi connectivity index (χ4v) is 2.19. The standard InChI is InChI=1S/C14H21N3O2/c1-16(14(18)17-5-7-19-8-6-17)11-13-4-2-3-12(9-13)10-15/h2-4,9H,5-8,10-11,15H2,1H3. The van der Waals surface area contributed by atoms with Gasteiger partial charge in [-0.3, -0.25) is 0 Å². The van der Waals surface area contributed by atoms with Gasteiger partial charge >= 0.3 is 6.03 Å². The molecule has 1 aliphatic heterocycles. The van der Waals surface area contributed by atoms with Crippen LogP contribution < -0.4 is 5.73 Å². The summed E-state index contributed by atoms with van der Waals surface area (Å²) in [5, 5.41) is 0. The molecule has 1 fully saturated rings. The minimum absolute atomic E-state index is 0.0569. The van der Waals surface area contributed by atoms with Gasteiger partial charge in [0.2, 0.25) is 0 Å². The zero-order valence-electron chi connectivity index (χ0n) is 11.3. The van der Waals surface area contributed by atoms with Crippen LogP contribution >= 0.6 is 0 Å². The molecule has 0 aromatic heterocycles. The molecule has 19 heavy (non-hydrogen) atoms. The van der Waals surface area contributed by atoms with Crippen LogP contribution in [0.25, 0.3) is 0 Å². The lowest BCUT2D eigenvalue weighted by Gasteiger charge is -2.31. The predicted octanol–water partition coefficient (Wildman–Crippen LogP) is 1.03. The first-order chi connectivity index (χ1) is 9.20. The highest BCUT2D eigenvalue weighted by Gasteiger charge is 2.20. The van der Waals surface area contributed by atoms with E-state index in [4.69, 9.17) is 10.5 Å². The first-order valence-electron chi connectivity index (χ1n) is 6.56. The van der Waals surface area contributed by atoms with E-state index in [-0.39, 0.29) is 6.03 Å². The van der Waals surface area contributed by atoms with Crippen LogP contribution in [0.1, 0.15) is 11.1 Å². The second-order valence-electron chi connectivity index (χ2n) is 4.76. The molecule has 0 saturated carbocycles. The Kier molecular flexibility index (Phi) is 4.76. The summed E-state index contributed by atoms with van der Waals surface area (Å²) in [6, 6.07) is 8.09. The number of amides is 2. The summed E-state index contributed by atoms with van der Waals surface area (Å²) in [6.45, 7) is 3.72. The monoisotopic (exact) mass is 263 g/mol. The van der Waals surface area contributed by atoms with Crippen molar-refractivity contribution in [2.75, 3.05) is 33.4 Å². The number of nitrogens with zero attached hydrogens (tertiary/aromatic N) is 2. The van der Waals surface area contributed by atoms with E-state index >= 15 is 0 Å². The van der Waals surface area contributed by atoms with Crippen molar-refractivity contribution in [1.29, 1.82) is 0 Å². The third kappa shape index (κ3) is 3.68. The highest BCUT2D eigenvalue weighted by atomic mass is 16.5. The van der Waals surface area contributed by atoms with Crippen LogP contribution in [0.3, 0.4) is 0 Å². The number of nitrogens with two attached hydrogens (primary N) is 1. The zero-order valence-corrected chi connectivity index (χ0v) is 11.3. The van der Waals surface area contributed by atoms with E-state index < -0.39 is 0 Å². The molecule has 0 unspecified atom stereocenters. The summed E-state index contributed by atoms with van der Waals surface area (Å²) in [4.78, 5) is 15.8. The second kappa shape index (κ2) is 6.54. The smallest absolute Gasteiger partial charge is 0.320 e. The number of morpholine rings is 1. The van der Waals surface area contributed by atoms with Crippen molar-refractivity contribution in [3.05, 3.63) is 35.4 Å². The Bertz CT molecular complexity index is 430. The van der Waals surface area contributed by atoms with Crippen LogP contribution in [0.5, 0.6) is 0 Å². The average molecular weight is 263 g/mol. The van der Waals surface area contributed by atoms with E-state index in [0.29, 0.717) is 39.4 Å². The fourth-order valence-electron chi connectivity index (χ4n) is 2.19. The molecule has 0 radical (unpaired) electrons. The van der Waals surface area contributed by atoms with Gasteiger partial charge in [0.05, 0.1) is 13.2 Å². The van der Waals surface area contributed by atoms with E-state index in [2.05, 4.69) is 0 Å². The van der Waals surface area contributed by atoms with Crippen LogP contribution in [-0.4, -0.2) is 49.2 Å². The van der Waals surface area contributed by atoms with Crippen molar-refractivity contribution in [3.63, 3.8) is 0 Å². The lowest BCUT2D eigenvalue weighted by molar-refractivity contribution is 0.0448. The van der Waals surface area contributed by atoms with E-state index in [1.807, 2.05) is 36.2 Å². The molecular weight excluding hydrogens is 242 g/mol. The van der Waals surface area contributed by atoms with Crippen LogP contribution in [0, 0.1) is 0 Å². The normalized spacial score (nSPS) is 15.4. The van der Waals surface area contributed by atoms with Crippen LogP contribution in [0.15, 0.2) is 24.3 Å². The molecule has 5 nitrogen and oxygen atoms in total. The predicted molar refractivity (Wildman–Crippen MR) is 73.6 cm³/mol. The SMILES string of the molecule is CN(Cc1cccc(CN)c1)C(=O)N1CCOCC1. The van der Waals surface area contributed by atoms with Crippen LogP contribution in [0.2, 0.25) is 0 Å². The molecule has 0 bridgehead atoms. The highest BCUT2D eigenvalue weighted by Crippen LogP contribution is 2.09. The van der Waals surface area contributed by atoms with Gasteiger partial charge < -0.3 is 20.3 Å². The number of hydrogen-bond acceptors (Lipinski definition) is 3. The molecule has 104 valence electrons. The zero-order chi connectivity index (χ0) is 13.7. The molecule has 2 rings (SSSR count). The summed E-state index contributed by atoms with van der Waals surface area (Å²) in [5.41, 5.74) is 7.82. The maximum absolute atomic E-state index is 12.2. The summed E-state index contributed by atoms with van der Waals surface area (Å²) < 4.78 is 5.25. The molecular formula is C14H21N3O2. The number of hydrogen-bond donors (Lipinski definition) is 1. The maximum Gasteiger partial charge on any atom is 0.320 e. The average Bonchev–Trinajstić information content (AvgIpc) is 2.47. The highest BCUT2D eigenvalue weighted by molar-refractivity contribution is 5.74. The van der Waals surface area contributed by atoms with Crippen molar-refractivity contribution in [1.82, 2.24) is 9.80 Å². The van der Waals surface area contributed by atoms with Gasteiger partial charge in [0.15, 0.2) is 0 Å². The Labute approximate surface area is 113 Å². The Balaban J connectivity index is 1.95. The molecule has 1 saturated heterocycles. The number of carbonyl (C=O) groups excluding carboxylic acids is 1. The van der Waals surface area contributed by atoms with Gasteiger partial charge in [-0.2, -0.15) is 0 Å². The lowest BCUT2D eigenvalue weighted by Crippen LogP contribution is -2.46. The summed E-state index contributed by atoms with van der Waals surface area (Å²) in [7, 11) is 1.83. The quantitative estimate of drug-likeness (QED) is 0.886. The summed E-state index contributed by atoms with van der Waals surface area (Å²) in [6.07, 6.45) is 0. The molecule has 2 amide bonds. The van der Waals surface area contributed by atoms with E-state index in [1.165, 1.54) is 0 Å². The second-order valence-corrected chi connectivity index (χ2v) is 4.76. The largest absolute Gasteiger partial charge is 0.378 e. The third-order valence-electron chi connectivity index (χ3n) is 3.25. The van der Waals surface area contributed by atoms with E-state index in [1.54, 1.807) is 4.90 Å². The maximum atomic E-state index is 12.2. The first-order valence-corrected chi connectivity index (χ1v) is 6.56. The van der Waals surface area contributed by atoms with Crippen molar-refractivity contribution < 1.29 is 9.53 Å². The molecule has 5 heteroatoms. The van der Waals surface area contributed by atoms with Crippen molar-refractivity contribution in [2.45, 2.75) is 13.1 Å². The number of benzene rings is 1. The Morgan fingerprint density at radius 3 is 2.74 bits per heavy atom. The number of ether oxygens (including phenoxy) is 1. The van der Waals surface area contributed by atoms with Crippen LogP contribution in [-0.2, 0) is 17.8 Å². The molecule has 1 aliphatic rings. The molecule has 1 heterocycles. The number of rotatable bonds is 3. The minimum Gasteiger partial charge on any atom is -0.378 e. The van der Waals surface area contributed by atoms with Gasteiger partial charge in [0.1, 0.15) is 0 Å².